The summed E-state index contributed by atoms with van der Waals surface area (Å²) in [7, 11) is 0. The molecule has 0 aromatic heterocycles. The third kappa shape index (κ3) is 4.01. The van der Waals surface area contributed by atoms with Crippen LogP contribution in [0.25, 0.3) is 0 Å². The monoisotopic (exact) mass is 388 g/mol. The van der Waals surface area contributed by atoms with Crippen molar-refractivity contribution in [3.63, 3.8) is 0 Å². The van der Waals surface area contributed by atoms with Gasteiger partial charge in [-0.15, -0.1) is 11.6 Å². The zero-order chi connectivity index (χ0) is 18.9. The number of halogens is 12. The van der Waals surface area contributed by atoms with E-state index in [0.29, 0.717) is 0 Å². The highest BCUT2D eigenvalue weighted by Crippen LogP contribution is 2.57. The minimum atomic E-state index is -7.42. The average Bonchev–Trinajstić information content (AvgIpc) is 2.36. The van der Waals surface area contributed by atoms with E-state index in [1.165, 1.54) is 0 Å². The van der Waals surface area contributed by atoms with Crippen LogP contribution >= 0.6 is 11.6 Å². The zero-order valence-corrected chi connectivity index (χ0v) is 11.5. The normalized spacial score (nSPS) is 15.0. The summed E-state index contributed by atoms with van der Waals surface area (Å²) in [6.07, 6.45) is -7.18. The molecule has 0 unspecified atom stereocenters. The number of ether oxygens (including phenoxy) is 1. The lowest BCUT2D eigenvalue weighted by Crippen LogP contribution is -2.67. The van der Waals surface area contributed by atoms with Crippen molar-refractivity contribution in [3.8, 4) is 0 Å². The number of hydrogen-bond acceptors (Lipinski definition) is 1. The van der Waals surface area contributed by atoms with Crippen molar-refractivity contribution in [1.82, 2.24) is 0 Å². The van der Waals surface area contributed by atoms with Gasteiger partial charge in [0.1, 0.15) is 6.61 Å². The van der Waals surface area contributed by atoms with Gasteiger partial charge in [-0.3, -0.25) is 0 Å². The molecule has 0 N–H and O–H groups in total. The summed E-state index contributed by atoms with van der Waals surface area (Å²) < 4.78 is 142. The highest BCUT2D eigenvalue weighted by atomic mass is 35.5. The van der Waals surface area contributed by atoms with E-state index < -0.39 is 43.1 Å². The van der Waals surface area contributed by atoms with E-state index in [1.54, 1.807) is 0 Å². The molecule has 138 valence electrons. The molecule has 0 fully saturated rings. The van der Waals surface area contributed by atoms with Crippen LogP contribution < -0.4 is 0 Å². The number of hydrogen-bond donors (Lipinski definition) is 0. The third-order valence-electron chi connectivity index (χ3n) is 2.38. The Labute approximate surface area is 127 Å². The maximum Gasteiger partial charge on any atom is 0.460 e. The summed E-state index contributed by atoms with van der Waals surface area (Å²) in [6, 6.07) is 0. The maximum atomic E-state index is 13.1. The summed E-state index contributed by atoms with van der Waals surface area (Å²) in [4.78, 5) is 0. The molecular formula is C10H8ClF11O. The van der Waals surface area contributed by atoms with Crippen LogP contribution in [0.5, 0.6) is 0 Å². The Morgan fingerprint density at radius 3 is 1.57 bits per heavy atom. The van der Waals surface area contributed by atoms with Crippen LogP contribution in [0, 0.1) is 0 Å². The van der Waals surface area contributed by atoms with Crippen LogP contribution in [0.3, 0.4) is 0 Å². The molecule has 0 radical (unpaired) electrons. The van der Waals surface area contributed by atoms with Gasteiger partial charge in [0.05, 0.1) is 6.61 Å². The summed E-state index contributed by atoms with van der Waals surface area (Å²) >= 11 is 5.12. The fourth-order valence-electron chi connectivity index (χ4n) is 1.06. The second-order valence-corrected chi connectivity index (χ2v) is 4.57. The Morgan fingerprint density at radius 2 is 1.22 bits per heavy atom. The third-order valence-corrected chi connectivity index (χ3v) is 2.76. The van der Waals surface area contributed by atoms with E-state index in [9.17, 15) is 48.3 Å². The predicted molar refractivity (Wildman–Crippen MR) is 56.5 cm³/mol. The molecule has 13 heteroatoms. The Kier molecular flexibility index (Phi) is 6.39. The Bertz CT molecular complexity index is 429. The summed E-state index contributed by atoms with van der Waals surface area (Å²) in [5, 5.41) is 0. The van der Waals surface area contributed by atoms with E-state index in [4.69, 9.17) is 11.6 Å². The fourth-order valence-corrected chi connectivity index (χ4v) is 1.13. The molecule has 0 saturated carbocycles. The van der Waals surface area contributed by atoms with E-state index in [2.05, 4.69) is 11.3 Å². The van der Waals surface area contributed by atoms with Gasteiger partial charge < -0.3 is 4.74 Å². The van der Waals surface area contributed by atoms with Crippen molar-refractivity contribution >= 4 is 11.6 Å². The topological polar surface area (TPSA) is 9.23 Å². The van der Waals surface area contributed by atoms with E-state index in [-0.39, 0.29) is 11.5 Å². The molecule has 0 aliphatic carbocycles. The van der Waals surface area contributed by atoms with Gasteiger partial charge in [0.15, 0.2) is 0 Å². The lowest BCUT2D eigenvalue weighted by molar-refractivity contribution is -0.424. The number of rotatable bonds is 8. The van der Waals surface area contributed by atoms with Crippen LogP contribution in [0.1, 0.15) is 0 Å². The van der Waals surface area contributed by atoms with Gasteiger partial charge in [-0.25, -0.2) is 0 Å². The molecule has 0 amide bonds. The van der Waals surface area contributed by atoms with Crippen molar-refractivity contribution in [2.24, 2.45) is 0 Å². The number of alkyl halides is 12. The Balaban J connectivity index is 5.45. The summed E-state index contributed by atoms with van der Waals surface area (Å²) in [6.45, 7) is -0.407. The Morgan fingerprint density at radius 1 is 0.783 bits per heavy atom. The highest BCUT2D eigenvalue weighted by molar-refractivity contribution is 6.19. The molecule has 0 atom stereocenters. The molecule has 0 aliphatic rings. The lowest BCUT2D eigenvalue weighted by atomic mass is 9.98. The van der Waals surface area contributed by atoms with E-state index >= 15 is 0 Å². The molecule has 23 heavy (non-hydrogen) atoms. The summed E-state index contributed by atoms with van der Waals surface area (Å²) in [5.41, 5.74) is -0.154. The minimum Gasteiger partial charge on any atom is -0.371 e. The highest BCUT2D eigenvalue weighted by Gasteiger charge is 2.87. The van der Waals surface area contributed by atoms with Crippen molar-refractivity contribution < 1.29 is 53.0 Å². The lowest BCUT2D eigenvalue weighted by Gasteiger charge is -2.37. The maximum absolute atomic E-state index is 13.1. The molecule has 0 aliphatic heterocycles. The van der Waals surface area contributed by atoms with Gasteiger partial charge in [-0.05, 0) is 5.57 Å². The Hall–Kier alpha value is -0.780. The van der Waals surface area contributed by atoms with Gasteiger partial charge in [0, 0.05) is 5.88 Å². The molecule has 0 bridgehead atoms. The van der Waals surface area contributed by atoms with Gasteiger partial charge in [0.25, 0.3) is 0 Å². The van der Waals surface area contributed by atoms with Crippen LogP contribution in [0.4, 0.5) is 48.3 Å². The van der Waals surface area contributed by atoms with Crippen molar-refractivity contribution in [2.75, 3.05) is 19.1 Å². The molecule has 1 nitrogen and oxygen atoms in total. The summed E-state index contributed by atoms with van der Waals surface area (Å²) in [5.74, 6) is -28.3. The molecule has 0 saturated heterocycles. The molecular weight excluding hydrogens is 381 g/mol. The molecule has 0 aromatic rings. The largest absolute Gasteiger partial charge is 0.460 e. The van der Waals surface area contributed by atoms with Crippen LogP contribution in [0.2, 0.25) is 0 Å². The molecule has 0 heterocycles. The molecule has 0 rings (SSSR count). The fraction of sp³-hybridized carbons (Fsp3) is 0.800. The SMILES string of the molecule is C=C(CCl)COCC(F)(F)C(F)(F)C(F)(F)C(F)(F)C(F)(F)F. The van der Waals surface area contributed by atoms with Crippen molar-refractivity contribution in [2.45, 2.75) is 29.9 Å². The van der Waals surface area contributed by atoms with Crippen LogP contribution in [-0.4, -0.2) is 49.0 Å². The first-order chi connectivity index (χ1) is 9.95. The second-order valence-electron chi connectivity index (χ2n) is 4.30. The first-order valence-corrected chi connectivity index (χ1v) is 5.87. The van der Waals surface area contributed by atoms with Gasteiger partial charge in [-0.1, -0.05) is 6.58 Å². The van der Waals surface area contributed by atoms with Gasteiger partial charge in [-0.2, -0.15) is 48.3 Å². The first kappa shape index (κ1) is 22.2. The first-order valence-electron chi connectivity index (χ1n) is 5.34. The predicted octanol–water partition coefficient (Wildman–Crippen LogP) is 4.90. The zero-order valence-electron chi connectivity index (χ0n) is 10.8. The smallest absolute Gasteiger partial charge is 0.371 e. The van der Waals surface area contributed by atoms with Gasteiger partial charge >= 0.3 is 29.9 Å². The second kappa shape index (κ2) is 6.61. The van der Waals surface area contributed by atoms with E-state index in [0.717, 1.165) is 0 Å². The minimum absolute atomic E-state index is 0.154. The van der Waals surface area contributed by atoms with Crippen LogP contribution in [0.15, 0.2) is 12.2 Å². The molecule has 0 spiro atoms. The van der Waals surface area contributed by atoms with Gasteiger partial charge in [0.2, 0.25) is 0 Å². The van der Waals surface area contributed by atoms with E-state index in [1.807, 2.05) is 0 Å². The molecule has 0 aromatic carbocycles. The standard InChI is InChI=1S/C10H8ClF11O/c1-5(2-11)3-23-4-6(12,13)7(14,15)8(16,17)9(18,19)10(20,21)22/h1-4H2. The van der Waals surface area contributed by atoms with Crippen molar-refractivity contribution in [3.05, 3.63) is 12.2 Å². The van der Waals surface area contributed by atoms with Crippen LogP contribution in [-0.2, 0) is 4.74 Å². The quantitative estimate of drug-likeness (QED) is 0.326. The van der Waals surface area contributed by atoms with Crippen molar-refractivity contribution in [1.29, 1.82) is 0 Å². The average molecular weight is 389 g/mol.